The van der Waals surface area contributed by atoms with Crippen LogP contribution in [-0.4, -0.2) is 32.3 Å². The van der Waals surface area contributed by atoms with E-state index < -0.39 is 0 Å². The van der Waals surface area contributed by atoms with Gasteiger partial charge in [0.05, 0.1) is 26.2 Å². The van der Waals surface area contributed by atoms with Crippen LogP contribution < -0.4 is 19.5 Å². The number of amides is 1. The van der Waals surface area contributed by atoms with Crippen LogP contribution in [0.3, 0.4) is 0 Å². The molecule has 25 heavy (non-hydrogen) atoms. The maximum atomic E-state index is 11.9. The molecular formula is C20H25NO4. The summed E-state index contributed by atoms with van der Waals surface area (Å²) in [7, 11) is 0. The molecular weight excluding hydrogens is 318 g/mol. The number of carbonyl (C=O) groups is 1. The van der Waals surface area contributed by atoms with Crippen LogP contribution in [-0.2, 0) is 11.2 Å². The molecule has 0 saturated carbocycles. The van der Waals surface area contributed by atoms with Crippen LogP contribution in [0.4, 0.5) is 0 Å². The Morgan fingerprint density at radius 3 is 1.80 bits per heavy atom. The highest BCUT2D eigenvalue weighted by molar-refractivity contribution is 5.78. The van der Waals surface area contributed by atoms with Crippen molar-refractivity contribution in [1.82, 2.24) is 5.32 Å². The molecule has 0 atom stereocenters. The van der Waals surface area contributed by atoms with E-state index in [1.165, 1.54) is 0 Å². The maximum absolute atomic E-state index is 11.9. The van der Waals surface area contributed by atoms with Crippen LogP contribution in [0.5, 0.6) is 17.2 Å². The fourth-order valence-electron chi connectivity index (χ4n) is 2.28. The Kier molecular flexibility index (Phi) is 7.63. The standard InChI is InChI=1S/C20H25NO4/c1-3-23-17-7-5-16(6-8-17)15-20(22)21-13-14-25-19-11-9-18(10-12-19)24-4-2/h5-12H,3-4,13-15H2,1-2H3,(H,21,22). The van der Waals surface area contributed by atoms with Crippen molar-refractivity contribution in [3.63, 3.8) is 0 Å². The Morgan fingerprint density at radius 1 is 0.800 bits per heavy atom. The number of hydrogen-bond acceptors (Lipinski definition) is 4. The van der Waals surface area contributed by atoms with Crippen molar-refractivity contribution in [3.05, 3.63) is 54.1 Å². The number of hydrogen-bond donors (Lipinski definition) is 1. The summed E-state index contributed by atoms with van der Waals surface area (Å²) < 4.78 is 16.4. The lowest BCUT2D eigenvalue weighted by Crippen LogP contribution is -2.29. The van der Waals surface area contributed by atoms with Gasteiger partial charge in [0.25, 0.3) is 0 Å². The first kappa shape index (κ1) is 18.6. The molecule has 0 unspecified atom stereocenters. The van der Waals surface area contributed by atoms with Gasteiger partial charge < -0.3 is 19.5 Å². The van der Waals surface area contributed by atoms with Crippen molar-refractivity contribution in [2.75, 3.05) is 26.4 Å². The predicted octanol–water partition coefficient (Wildman–Crippen LogP) is 3.22. The zero-order valence-corrected chi connectivity index (χ0v) is 14.8. The van der Waals surface area contributed by atoms with Gasteiger partial charge in [-0.3, -0.25) is 4.79 Å². The van der Waals surface area contributed by atoms with Crippen LogP contribution >= 0.6 is 0 Å². The summed E-state index contributed by atoms with van der Waals surface area (Å²) in [5.74, 6) is 2.36. The number of benzene rings is 2. The van der Waals surface area contributed by atoms with Crippen molar-refractivity contribution in [1.29, 1.82) is 0 Å². The first-order valence-corrected chi connectivity index (χ1v) is 8.55. The lowest BCUT2D eigenvalue weighted by Gasteiger charge is -2.09. The number of rotatable bonds is 10. The minimum Gasteiger partial charge on any atom is -0.494 e. The highest BCUT2D eigenvalue weighted by Gasteiger charge is 2.04. The van der Waals surface area contributed by atoms with Gasteiger partial charge in [0.1, 0.15) is 23.9 Å². The molecule has 134 valence electrons. The number of carbonyl (C=O) groups excluding carboxylic acids is 1. The predicted molar refractivity (Wildman–Crippen MR) is 97.4 cm³/mol. The molecule has 0 aliphatic heterocycles. The van der Waals surface area contributed by atoms with Crippen molar-refractivity contribution in [2.24, 2.45) is 0 Å². The highest BCUT2D eigenvalue weighted by atomic mass is 16.5. The van der Waals surface area contributed by atoms with Gasteiger partial charge in [-0.15, -0.1) is 0 Å². The van der Waals surface area contributed by atoms with Gasteiger partial charge in [0.2, 0.25) is 5.91 Å². The first-order chi connectivity index (χ1) is 12.2. The normalized spacial score (nSPS) is 10.2. The Balaban J connectivity index is 1.66. The van der Waals surface area contributed by atoms with Gasteiger partial charge in [-0.05, 0) is 55.8 Å². The second kappa shape index (κ2) is 10.2. The molecule has 0 aromatic heterocycles. The highest BCUT2D eigenvalue weighted by Crippen LogP contribution is 2.17. The molecule has 0 radical (unpaired) electrons. The third kappa shape index (κ3) is 6.75. The molecule has 0 heterocycles. The smallest absolute Gasteiger partial charge is 0.224 e. The molecule has 5 heteroatoms. The number of nitrogens with one attached hydrogen (secondary N) is 1. The molecule has 5 nitrogen and oxygen atoms in total. The third-order valence-electron chi connectivity index (χ3n) is 3.43. The van der Waals surface area contributed by atoms with Gasteiger partial charge in [-0.25, -0.2) is 0 Å². The lowest BCUT2D eigenvalue weighted by atomic mass is 10.1. The van der Waals surface area contributed by atoms with E-state index in [1.54, 1.807) is 0 Å². The fourth-order valence-corrected chi connectivity index (χ4v) is 2.28. The summed E-state index contributed by atoms with van der Waals surface area (Å²) in [6, 6.07) is 15.0. The van der Waals surface area contributed by atoms with Gasteiger partial charge in [0.15, 0.2) is 0 Å². The van der Waals surface area contributed by atoms with E-state index in [4.69, 9.17) is 14.2 Å². The van der Waals surface area contributed by atoms with Crippen LogP contribution in [0.1, 0.15) is 19.4 Å². The average Bonchev–Trinajstić information content (AvgIpc) is 2.62. The summed E-state index contributed by atoms with van der Waals surface area (Å²) in [4.78, 5) is 11.9. The van der Waals surface area contributed by atoms with E-state index in [0.717, 1.165) is 22.8 Å². The zero-order chi connectivity index (χ0) is 17.9. The summed E-state index contributed by atoms with van der Waals surface area (Å²) in [5, 5.41) is 2.85. The molecule has 0 bridgehead atoms. The van der Waals surface area contributed by atoms with Crippen LogP contribution in [0.15, 0.2) is 48.5 Å². The topological polar surface area (TPSA) is 56.8 Å². The van der Waals surface area contributed by atoms with E-state index in [9.17, 15) is 4.79 Å². The minimum absolute atomic E-state index is 0.0283. The fraction of sp³-hybridized carbons (Fsp3) is 0.350. The van der Waals surface area contributed by atoms with Gasteiger partial charge >= 0.3 is 0 Å². The summed E-state index contributed by atoms with van der Waals surface area (Å²) in [6.07, 6.45) is 0.343. The molecule has 0 fully saturated rings. The Hall–Kier alpha value is -2.69. The van der Waals surface area contributed by atoms with Crippen molar-refractivity contribution in [2.45, 2.75) is 20.3 Å². The Morgan fingerprint density at radius 2 is 1.28 bits per heavy atom. The maximum Gasteiger partial charge on any atom is 0.224 e. The van der Waals surface area contributed by atoms with E-state index in [0.29, 0.717) is 32.8 Å². The van der Waals surface area contributed by atoms with Gasteiger partial charge in [-0.2, -0.15) is 0 Å². The largest absolute Gasteiger partial charge is 0.494 e. The lowest BCUT2D eigenvalue weighted by molar-refractivity contribution is -0.120. The summed E-state index contributed by atoms with van der Waals surface area (Å²) >= 11 is 0. The second-order valence-electron chi connectivity index (χ2n) is 5.36. The molecule has 0 saturated heterocycles. The Bertz CT molecular complexity index is 638. The first-order valence-electron chi connectivity index (χ1n) is 8.55. The molecule has 0 spiro atoms. The summed E-state index contributed by atoms with van der Waals surface area (Å²) in [6.45, 7) is 6.04. The SMILES string of the molecule is CCOc1ccc(CC(=O)NCCOc2ccc(OCC)cc2)cc1. The average molecular weight is 343 g/mol. The number of ether oxygens (including phenoxy) is 3. The minimum atomic E-state index is -0.0283. The summed E-state index contributed by atoms with van der Waals surface area (Å²) in [5.41, 5.74) is 0.952. The van der Waals surface area contributed by atoms with Crippen LogP contribution in [0.25, 0.3) is 0 Å². The molecule has 0 aliphatic carbocycles. The molecule has 1 N–H and O–H groups in total. The van der Waals surface area contributed by atoms with Crippen molar-refractivity contribution >= 4 is 5.91 Å². The van der Waals surface area contributed by atoms with E-state index in [1.807, 2.05) is 62.4 Å². The second-order valence-corrected chi connectivity index (χ2v) is 5.36. The van der Waals surface area contributed by atoms with Crippen LogP contribution in [0.2, 0.25) is 0 Å². The molecule has 1 amide bonds. The molecule has 2 rings (SSSR count). The Labute approximate surface area is 148 Å². The zero-order valence-electron chi connectivity index (χ0n) is 14.8. The van der Waals surface area contributed by atoms with Crippen molar-refractivity contribution < 1.29 is 19.0 Å². The van der Waals surface area contributed by atoms with Gasteiger partial charge in [0, 0.05) is 0 Å². The monoisotopic (exact) mass is 343 g/mol. The van der Waals surface area contributed by atoms with E-state index in [-0.39, 0.29) is 5.91 Å². The molecule has 2 aromatic rings. The van der Waals surface area contributed by atoms with E-state index >= 15 is 0 Å². The van der Waals surface area contributed by atoms with Crippen LogP contribution in [0, 0.1) is 0 Å². The van der Waals surface area contributed by atoms with Gasteiger partial charge in [-0.1, -0.05) is 12.1 Å². The van der Waals surface area contributed by atoms with E-state index in [2.05, 4.69) is 5.32 Å². The quantitative estimate of drug-likeness (QED) is 0.673. The molecule has 0 aliphatic rings. The van der Waals surface area contributed by atoms with Crippen molar-refractivity contribution in [3.8, 4) is 17.2 Å². The molecule has 2 aromatic carbocycles. The third-order valence-corrected chi connectivity index (χ3v) is 3.43.